The number of aryl methyl sites for hydroxylation is 1. The number of nitrogens with zero attached hydrogens (tertiary/aromatic N) is 5. The van der Waals surface area contributed by atoms with Crippen LogP contribution in [0.4, 0.5) is 23.2 Å². The van der Waals surface area contributed by atoms with Gasteiger partial charge in [-0.2, -0.15) is 18.3 Å². The number of oxazole rings is 1. The predicted octanol–water partition coefficient (Wildman–Crippen LogP) is 7.03. The average molecular weight is 556 g/mol. The highest BCUT2D eigenvalue weighted by molar-refractivity contribution is 8.13. The van der Waals surface area contributed by atoms with Gasteiger partial charge in [-0.15, -0.1) is 16.9 Å². The molecule has 1 aromatic carbocycles. The summed E-state index contributed by atoms with van der Waals surface area (Å²) < 4.78 is 58.8. The maximum Gasteiger partial charge on any atom is 0.416 e. The van der Waals surface area contributed by atoms with Crippen LogP contribution in [0.2, 0.25) is 0 Å². The Morgan fingerprint density at radius 2 is 1.97 bits per heavy atom. The molecule has 2 atom stereocenters. The van der Waals surface area contributed by atoms with Crippen molar-refractivity contribution in [1.29, 1.82) is 0 Å². The number of rotatable bonds is 7. The van der Waals surface area contributed by atoms with Crippen molar-refractivity contribution in [3.63, 3.8) is 0 Å². The summed E-state index contributed by atoms with van der Waals surface area (Å²) in [5.41, 5.74) is 0.753. The van der Waals surface area contributed by atoms with E-state index in [0.717, 1.165) is 55.0 Å². The number of likely N-dealkylation sites (tertiary alicyclic amines) is 1. The van der Waals surface area contributed by atoms with Crippen molar-refractivity contribution in [3.05, 3.63) is 47.4 Å². The van der Waals surface area contributed by atoms with Crippen molar-refractivity contribution in [2.75, 3.05) is 36.8 Å². The van der Waals surface area contributed by atoms with E-state index in [0.29, 0.717) is 24.1 Å². The van der Waals surface area contributed by atoms with Gasteiger partial charge in [0.2, 0.25) is 0 Å². The highest BCUT2D eigenvalue weighted by Gasteiger charge is 2.50. The zero-order chi connectivity index (χ0) is 28.1. The molecule has 2 unspecified atom stereocenters. The van der Waals surface area contributed by atoms with Crippen molar-refractivity contribution < 1.29 is 22.0 Å². The normalized spacial score (nSPS) is 22.5. The van der Waals surface area contributed by atoms with E-state index in [2.05, 4.69) is 27.0 Å². The maximum absolute atomic E-state index is 14.7. The lowest BCUT2D eigenvalue weighted by Crippen LogP contribution is -2.38. The minimum atomic E-state index is -4.55. The van der Waals surface area contributed by atoms with Crippen LogP contribution < -0.4 is 4.90 Å². The lowest BCUT2D eigenvalue weighted by molar-refractivity contribution is -0.137. The van der Waals surface area contributed by atoms with E-state index < -0.39 is 17.6 Å². The van der Waals surface area contributed by atoms with Crippen LogP contribution in [0.1, 0.15) is 64.5 Å². The van der Waals surface area contributed by atoms with E-state index in [1.54, 1.807) is 11.8 Å². The minimum Gasteiger partial charge on any atom is -0.442 e. The van der Waals surface area contributed by atoms with Crippen LogP contribution in [0.5, 0.6) is 0 Å². The monoisotopic (exact) mass is 555 g/mol. The largest absolute Gasteiger partial charge is 0.442 e. The summed E-state index contributed by atoms with van der Waals surface area (Å²) in [4.78, 5) is 8.39. The summed E-state index contributed by atoms with van der Waals surface area (Å²) >= 11 is 1.64. The van der Waals surface area contributed by atoms with Gasteiger partial charge in [0.25, 0.3) is 0 Å². The standard InChI is InChI=1S/C25H31F4N5OS.C2H6/c1-16-23(35-15-30-16)17(2)31-32-18(3)36-11-5-9-33-13-22-24(4,14-33)8-10-34(22)21-7-6-19(12-20(21)26)25(27,28)29;1-2/h6-7,12,15,22H,5,8-11,13-14H2,1-4H3;1-2H3/b31-17+,32-18+;. The van der Waals surface area contributed by atoms with Crippen molar-refractivity contribution in [3.8, 4) is 0 Å². The molecule has 38 heavy (non-hydrogen) atoms. The number of aromatic nitrogens is 1. The van der Waals surface area contributed by atoms with E-state index in [4.69, 9.17) is 4.42 Å². The summed E-state index contributed by atoms with van der Waals surface area (Å²) in [5, 5.41) is 9.37. The molecule has 0 radical (unpaired) electrons. The first kappa shape index (κ1) is 30.1. The quantitative estimate of drug-likeness (QED) is 0.121. The van der Waals surface area contributed by atoms with E-state index in [1.807, 2.05) is 39.5 Å². The minimum absolute atomic E-state index is 0.00919. The molecule has 3 heterocycles. The summed E-state index contributed by atoms with van der Waals surface area (Å²) in [6.07, 6.45) is -1.32. The number of anilines is 1. The topological polar surface area (TPSA) is 57.2 Å². The number of benzene rings is 1. The SMILES string of the molecule is C/C(=N\N=C(/C)c1ocnc1C)SCCCN1CC2N(c3ccc(C(F)(F)F)cc3F)CCC2(C)C1.CC. The molecule has 4 rings (SSSR count). The fraction of sp³-hybridized carbons (Fsp3) is 0.593. The van der Waals surface area contributed by atoms with Crippen LogP contribution in [0.3, 0.4) is 0 Å². The van der Waals surface area contributed by atoms with Crippen LogP contribution in [0, 0.1) is 18.2 Å². The smallest absolute Gasteiger partial charge is 0.416 e. The van der Waals surface area contributed by atoms with Crippen LogP contribution >= 0.6 is 11.8 Å². The van der Waals surface area contributed by atoms with E-state index in [1.165, 1.54) is 12.5 Å². The van der Waals surface area contributed by atoms with Gasteiger partial charge in [0.05, 0.1) is 22.0 Å². The Bertz CT molecular complexity index is 1150. The molecule has 0 bridgehead atoms. The Kier molecular flexibility index (Phi) is 10.0. The van der Waals surface area contributed by atoms with Gasteiger partial charge in [0, 0.05) is 36.8 Å². The molecular weight excluding hydrogens is 518 g/mol. The van der Waals surface area contributed by atoms with Crippen molar-refractivity contribution in [1.82, 2.24) is 9.88 Å². The third-order valence-corrected chi connectivity index (χ3v) is 8.04. The van der Waals surface area contributed by atoms with Gasteiger partial charge in [-0.3, -0.25) is 0 Å². The molecule has 2 aromatic rings. The molecule has 2 aliphatic rings. The van der Waals surface area contributed by atoms with Crippen LogP contribution in [-0.2, 0) is 6.18 Å². The Labute approximate surface area is 226 Å². The zero-order valence-electron chi connectivity index (χ0n) is 22.9. The highest BCUT2D eigenvalue weighted by Crippen LogP contribution is 2.45. The van der Waals surface area contributed by atoms with Gasteiger partial charge >= 0.3 is 6.18 Å². The number of thioether (sulfide) groups is 1. The summed E-state index contributed by atoms with van der Waals surface area (Å²) in [7, 11) is 0. The Morgan fingerprint density at radius 3 is 2.61 bits per heavy atom. The van der Waals surface area contributed by atoms with Gasteiger partial charge in [-0.05, 0) is 58.4 Å². The third kappa shape index (κ3) is 6.97. The summed E-state index contributed by atoms with van der Waals surface area (Å²) in [6.45, 7) is 15.0. The second-order valence-corrected chi connectivity index (χ2v) is 11.1. The first-order valence-electron chi connectivity index (χ1n) is 13.0. The Morgan fingerprint density at radius 1 is 1.24 bits per heavy atom. The molecular formula is C27H37F4N5OS. The Hall–Kier alpha value is -2.40. The first-order valence-corrected chi connectivity index (χ1v) is 13.9. The second-order valence-electron chi connectivity index (χ2n) is 9.79. The van der Waals surface area contributed by atoms with Crippen LogP contribution in [0.15, 0.2) is 39.2 Å². The fourth-order valence-corrected chi connectivity index (χ4v) is 5.82. The molecule has 2 aliphatic heterocycles. The van der Waals surface area contributed by atoms with Crippen molar-refractivity contribution >= 4 is 28.2 Å². The van der Waals surface area contributed by atoms with Crippen LogP contribution in [-0.4, -0.2) is 58.6 Å². The summed E-state index contributed by atoms with van der Waals surface area (Å²) in [5.74, 6) is 0.713. The number of alkyl halides is 3. The third-order valence-electron chi connectivity index (χ3n) is 7.05. The molecule has 6 nitrogen and oxygen atoms in total. The molecule has 0 aliphatic carbocycles. The average Bonchev–Trinajstić information content (AvgIpc) is 3.53. The summed E-state index contributed by atoms with van der Waals surface area (Å²) in [6, 6.07) is 2.94. The molecule has 2 fully saturated rings. The van der Waals surface area contributed by atoms with Gasteiger partial charge in [-0.1, -0.05) is 20.8 Å². The number of hydrogen-bond acceptors (Lipinski definition) is 7. The highest BCUT2D eigenvalue weighted by atomic mass is 32.2. The molecule has 0 N–H and O–H groups in total. The molecule has 0 amide bonds. The maximum atomic E-state index is 14.7. The van der Waals surface area contributed by atoms with Gasteiger partial charge < -0.3 is 14.2 Å². The molecule has 2 saturated heterocycles. The molecule has 210 valence electrons. The Balaban J connectivity index is 0.00000195. The molecule has 0 saturated carbocycles. The van der Waals surface area contributed by atoms with E-state index in [9.17, 15) is 17.6 Å². The number of fused-ring (bicyclic) bond motifs is 1. The van der Waals surface area contributed by atoms with E-state index >= 15 is 0 Å². The fourth-order valence-electron chi connectivity index (χ4n) is 5.15. The molecule has 0 spiro atoms. The predicted molar refractivity (Wildman–Crippen MR) is 147 cm³/mol. The van der Waals surface area contributed by atoms with Gasteiger partial charge in [0.15, 0.2) is 12.2 Å². The zero-order valence-corrected chi connectivity index (χ0v) is 23.7. The lowest BCUT2D eigenvalue weighted by atomic mass is 9.85. The van der Waals surface area contributed by atoms with Crippen molar-refractivity contribution in [2.24, 2.45) is 15.6 Å². The second kappa shape index (κ2) is 12.6. The van der Waals surface area contributed by atoms with Crippen molar-refractivity contribution in [2.45, 2.75) is 66.6 Å². The van der Waals surface area contributed by atoms with Gasteiger partial charge in [-0.25, -0.2) is 9.37 Å². The first-order chi connectivity index (χ1) is 18.0. The lowest BCUT2D eigenvalue weighted by Gasteiger charge is -2.30. The number of halogens is 4. The molecule has 11 heteroatoms. The van der Waals surface area contributed by atoms with Crippen LogP contribution in [0.25, 0.3) is 0 Å². The van der Waals surface area contributed by atoms with E-state index in [-0.39, 0.29) is 17.1 Å². The molecule has 1 aromatic heterocycles. The van der Waals surface area contributed by atoms with Gasteiger partial charge in [0.1, 0.15) is 11.5 Å². The number of hydrogen-bond donors (Lipinski definition) is 0.